The van der Waals surface area contributed by atoms with E-state index in [1.165, 1.54) is 24.6 Å². The minimum atomic E-state index is -3.58. The van der Waals surface area contributed by atoms with E-state index < -0.39 is 10.0 Å². The van der Waals surface area contributed by atoms with Crippen LogP contribution in [0.3, 0.4) is 0 Å². The Labute approximate surface area is 167 Å². The summed E-state index contributed by atoms with van der Waals surface area (Å²) in [6, 6.07) is 6.44. The predicted octanol–water partition coefficient (Wildman–Crippen LogP) is 2.21. The Morgan fingerprint density at radius 3 is 2.33 bits per heavy atom. The lowest BCUT2D eigenvalue weighted by atomic mass is 9.67. The molecule has 2 atom stereocenters. The molecule has 0 spiro atoms. The number of halogens is 1. The smallest absolute Gasteiger partial charge is 0.251 e. The molecule has 2 aliphatic carbocycles. The average Bonchev–Trinajstić information content (AvgIpc) is 2.61. The fourth-order valence-electron chi connectivity index (χ4n) is 4.30. The third-order valence-corrected chi connectivity index (χ3v) is 6.96. The van der Waals surface area contributed by atoms with E-state index in [2.05, 4.69) is 16.6 Å². The number of fused-ring (bicyclic) bond motifs is 2. The first-order valence-corrected chi connectivity index (χ1v) is 10.7. The Morgan fingerprint density at radius 1 is 1.19 bits per heavy atom. The second-order valence-corrected chi connectivity index (χ2v) is 9.11. The molecule has 2 fully saturated rings. The van der Waals surface area contributed by atoms with Gasteiger partial charge in [0, 0.05) is 24.2 Å². The number of rotatable bonds is 6. The van der Waals surface area contributed by atoms with E-state index >= 15 is 0 Å². The van der Waals surface area contributed by atoms with Crippen LogP contribution in [-0.4, -0.2) is 33.0 Å². The average molecular weight is 414 g/mol. The first-order chi connectivity index (χ1) is 12.4. The zero-order chi connectivity index (χ0) is 18.7. The van der Waals surface area contributed by atoms with E-state index in [1.807, 2.05) is 0 Å². The Morgan fingerprint density at radius 2 is 1.78 bits per heavy atom. The lowest BCUT2D eigenvalue weighted by molar-refractivity contribution is 0.0756. The molecule has 2 unspecified atom stereocenters. The van der Waals surface area contributed by atoms with Crippen LogP contribution in [0.4, 0.5) is 0 Å². The molecule has 27 heavy (non-hydrogen) atoms. The number of hydrogen-bond donors (Lipinski definition) is 3. The van der Waals surface area contributed by atoms with E-state index in [4.69, 9.17) is 5.73 Å². The molecular weight excluding hydrogens is 386 g/mol. The number of carbonyl (C=O) groups excluding carboxylic acids is 1. The van der Waals surface area contributed by atoms with Crippen molar-refractivity contribution in [3.8, 4) is 0 Å². The highest BCUT2D eigenvalue weighted by Gasteiger charge is 2.39. The van der Waals surface area contributed by atoms with Gasteiger partial charge in [-0.3, -0.25) is 4.79 Å². The van der Waals surface area contributed by atoms with E-state index in [-0.39, 0.29) is 41.8 Å². The number of carbonyl (C=O) groups is 1. The van der Waals surface area contributed by atoms with Crippen molar-refractivity contribution < 1.29 is 13.2 Å². The molecule has 0 heterocycles. The summed E-state index contributed by atoms with van der Waals surface area (Å²) in [5.74, 6) is 0.749. The van der Waals surface area contributed by atoms with Crippen LogP contribution in [0.25, 0.3) is 0 Å². The van der Waals surface area contributed by atoms with Crippen LogP contribution < -0.4 is 15.8 Å². The van der Waals surface area contributed by atoms with Gasteiger partial charge in [-0.2, -0.15) is 0 Å². The van der Waals surface area contributed by atoms with Gasteiger partial charge in [0.05, 0.1) is 4.90 Å². The second kappa shape index (κ2) is 9.19. The van der Waals surface area contributed by atoms with Gasteiger partial charge in [0.2, 0.25) is 10.0 Å². The summed E-state index contributed by atoms with van der Waals surface area (Å²) < 4.78 is 26.6. The number of hydrogen-bond acceptors (Lipinski definition) is 4. The summed E-state index contributed by atoms with van der Waals surface area (Å²) in [6.07, 6.45) is 6.84. The van der Waals surface area contributed by atoms with Gasteiger partial charge in [-0.25, -0.2) is 13.1 Å². The van der Waals surface area contributed by atoms with Crippen LogP contribution in [0.5, 0.6) is 0 Å². The molecule has 4 N–H and O–H groups in total. The van der Waals surface area contributed by atoms with Crippen molar-refractivity contribution in [2.75, 3.05) is 6.54 Å². The maximum atomic E-state index is 12.6. The zero-order valence-electron chi connectivity index (χ0n) is 15.3. The Bertz CT molecular complexity index is 753. The molecule has 8 heteroatoms. The van der Waals surface area contributed by atoms with Crippen LogP contribution in [0.15, 0.2) is 41.8 Å². The third kappa shape index (κ3) is 5.10. The lowest BCUT2D eigenvalue weighted by Gasteiger charge is -2.45. The van der Waals surface area contributed by atoms with Crippen molar-refractivity contribution >= 4 is 28.3 Å². The fraction of sp³-hybridized carbons (Fsp3) is 0.526. The number of amides is 1. The minimum absolute atomic E-state index is 0. The van der Waals surface area contributed by atoms with E-state index in [0.29, 0.717) is 17.4 Å². The summed E-state index contributed by atoms with van der Waals surface area (Å²) in [5, 5.41) is 3.18. The standard InChI is InChI=1S/C19H27N3O3S.ClH/c1-2-10-21-26(24,25)17-8-6-13(7-9-17)19(23)22-18-14-4-3-5-15(18)12-16(20)11-14;/h2,6-9,14-16,18,21H,1,3-5,10-12,20H2,(H,22,23);1H. The molecule has 2 aliphatic rings. The van der Waals surface area contributed by atoms with Crippen LogP contribution in [0.2, 0.25) is 0 Å². The number of nitrogens with one attached hydrogen (secondary N) is 2. The summed E-state index contributed by atoms with van der Waals surface area (Å²) in [5.41, 5.74) is 6.61. The molecular formula is C19H28ClN3O3S. The molecule has 1 amide bonds. The molecule has 0 saturated heterocycles. The highest BCUT2D eigenvalue weighted by Crippen LogP contribution is 2.39. The van der Waals surface area contributed by atoms with Crippen molar-refractivity contribution in [1.29, 1.82) is 0 Å². The molecule has 1 aromatic rings. The predicted molar refractivity (Wildman–Crippen MR) is 108 cm³/mol. The molecule has 0 radical (unpaired) electrons. The zero-order valence-corrected chi connectivity index (χ0v) is 16.9. The van der Waals surface area contributed by atoms with Crippen LogP contribution in [-0.2, 0) is 10.0 Å². The fourth-order valence-corrected chi connectivity index (χ4v) is 5.30. The Kier molecular flexibility index (Phi) is 7.45. The van der Waals surface area contributed by atoms with E-state index in [9.17, 15) is 13.2 Å². The van der Waals surface area contributed by atoms with Gasteiger partial charge in [0.1, 0.15) is 0 Å². The summed E-state index contributed by atoms with van der Waals surface area (Å²) >= 11 is 0. The maximum absolute atomic E-state index is 12.6. The van der Waals surface area contributed by atoms with Crippen molar-refractivity contribution in [1.82, 2.24) is 10.0 Å². The SMILES string of the molecule is C=CCNS(=O)(=O)c1ccc(C(=O)NC2C3CCCC2CC(N)C3)cc1.Cl. The second-order valence-electron chi connectivity index (χ2n) is 7.35. The van der Waals surface area contributed by atoms with Gasteiger partial charge in [-0.15, -0.1) is 19.0 Å². The maximum Gasteiger partial charge on any atom is 0.251 e. The normalized spacial score (nSPS) is 27.3. The van der Waals surface area contributed by atoms with Crippen molar-refractivity contribution in [3.63, 3.8) is 0 Å². The lowest BCUT2D eigenvalue weighted by Crippen LogP contribution is -2.53. The molecule has 2 bridgehead atoms. The summed E-state index contributed by atoms with van der Waals surface area (Å²) in [4.78, 5) is 12.8. The Hall–Kier alpha value is -1.41. The van der Waals surface area contributed by atoms with E-state index in [1.54, 1.807) is 12.1 Å². The number of benzene rings is 1. The molecule has 1 aromatic carbocycles. The molecule has 3 rings (SSSR count). The third-order valence-electron chi connectivity index (χ3n) is 5.52. The molecule has 0 aromatic heterocycles. The van der Waals surface area contributed by atoms with Gasteiger partial charge in [0.15, 0.2) is 0 Å². The Balaban J connectivity index is 0.00000261. The molecule has 150 valence electrons. The largest absolute Gasteiger partial charge is 0.349 e. The topological polar surface area (TPSA) is 101 Å². The van der Waals surface area contributed by atoms with Crippen molar-refractivity contribution in [2.45, 2.75) is 49.1 Å². The van der Waals surface area contributed by atoms with Crippen LogP contribution >= 0.6 is 12.4 Å². The monoisotopic (exact) mass is 413 g/mol. The molecule has 2 saturated carbocycles. The number of sulfonamides is 1. The highest BCUT2D eigenvalue weighted by atomic mass is 35.5. The quantitative estimate of drug-likeness (QED) is 0.622. The van der Waals surface area contributed by atoms with Crippen molar-refractivity contribution in [3.05, 3.63) is 42.5 Å². The van der Waals surface area contributed by atoms with Crippen molar-refractivity contribution in [2.24, 2.45) is 17.6 Å². The van der Waals surface area contributed by atoms with Crippen LogP contribution in [0.1, 0.15) is 42.5 Å². The van der Waals surface area contributed by atoms with Crippen LogP contribution in [0, 0.1) is 11.8 Å². The van der Waals surface area contributed by atoms with Gasteiger partial charge >= 0.3 is 0 Å². The van der Waals surface area contributed by atoms with Gasteiger partial charge in [0.25, 0.3) is 5.91 Å². The summed E-state index contributed by atoms with van der Waals surface area (Å²) in [6.45, 7) is 3.65. The van der Waals surface area contributed by atoms with Gasteiger partial charge in [-0.05, 0) is 61.8 Å². The molecule has 0 aliphatic heterocycles. The van der Waals surface area contributed by atoms with Gasteiger partial charge in [-0.1, -0.05) is 12.5 Å². The summed E-state index contributed by atoms with van der Waals surface area (Å²) in [7, 11) is -3.58. The minimum Gasteiger partial charge on any atom is -0.349 e. The number of nitrogens with two attached hydrogens (primary N) is 1. The first kappa shape index (κ1) is 21.9. The highest BCUT2D eigenvalue weighted by molar-refractivity contribution is 7.89. The molecule has 6 nitrogen and oxygen atoms in total. The van der Waals surface area contributed by atoms with E-state index in [0.717, 1.165) is 25.7 Å². The first-order valence-electron chi connectivity index (χ1n) is 9.18. The van der Waals surface area contributed by atoms with Gasteiger partial charge < -0.3 is 11.1 Å².